The van der Waals surface area contributed by atoms with Crippen molar-refractivity contribution in [2.75, 3.05) is 31.6 Å². The molecule has 3 nitrogen and oxygen atoms in total. The first-order valence-corrected chi connectivity index (χ1v) is 7.06. The molecule has 1 unspecified atom stereocenters. The maximum atomic E-state index is 5.37. The molecule has 0 saturated carbocycles. The Balaban J connectivity index is 1.54. The van der Waals surface area contributed by atoms with E-state index < -0.39 is 0 Å². The number of nitrogens with one attached hydrogen (secondary N) is 1. The van der Waals surface area contributed by atoms with Crippen LogP contribution in [-0.4, -0.2) is 37.2 Å². The lowest BCUT2D eigenvalue weighted by Crippen LogP contribution is -2.19. The summed E-state index contributed by atoms with van der Waals surface area (Å²) < 4.78 is 5.37. The highest BCUT2D eigenvalue weighted by Gasteiger charge is 2.15. The molecular formula is C15H22N2O. The summed E-state index contributed by atoms with van der Waals surface area (Å²) in [6, 6.07) is 9.38. The van der Waals surface area contributed by atoms with Crippen LogP contribution in [0.2, 0.25) is 0 Å². The van der Waals surface area contributed by atoms with Gasteiger partial charge >= 0.3 is 0 Å². The van der Waals surface area contributed by atoms with E-state index in [1.54, 1.807) is 0 Å². The summed E-state index contributed by atoms with van der Waals surface area (Å²) in [6.45, 7) is 5.37. The fraction of sp³-hybridized carbons (Fsp3) is 0.600. The molecule has 2 aliphatic heterocycles. The van der Waals surface area contributed by atoms with Gasteiger partial charge in [0, 0.05) is 18.8 Å². The number of anilines is 1. The zero-order valence-corrected chi connectivity index (χ0v) is 10.9. The Morgan fingerprint density at radius 3 is 2.61 bits per heavy atom. The molecule has 1 N–H and O–H groups in total. The summed E-state index contributed by atoms with van der Waals surface area (Å²) >= 11 is 0. The zero-order valence-electron chi connectivity index (χ0n) is 10.9. The van der Waals surface area contributed by atoms with Crippen LogP contribution in [0.1, 0.15) is 24.8 Å². The molecule has 3 rings (SSSR count). The molecule has 18 heavy (non-hydrogen) atoms. The van der Waals surface area contributed by atoms with Crippen LogP contribution >= 0.6 is 0 Å². The van der Waals surface area contributed by atoms with E-state index in [9.17, 15) is 0 Å². The van der Waals surface area contributed by atoms with Crippen LogP contribution in [0.3, 0.4) is 0 Å². The molecule has 0 radical (unpaired) electrons. The van der Waals surface area contributed by atoms with Crippen molar-refractivity contribution in [2.24, 2.45) is 0 Å². The lowest BCUT2D eigenvalue weighted by Gasteiger charge is -2.16. The maximum Gasteiger partial charge on any atom is 0.0668 e. The first-order chi connectivity index (χ1) is 8.90. The Bertz CT molecular complexity index is 328. The fourth-order valence-electron chi connectivity index (χ4n) is 2.79. The average Bonchev–Trinajstić information content (AvgIpc) is 3.05. The van der Waals surface area contributed by atoms with Gasteiger partial charge in [-0.05, 0) is 50.0 Å². The second-order valence-corrected chi connectivity index (χ2v) is 5.39. The number of benzene rings is 1. The van der Waals surface area contributed by atoms with Gasteiger partial charge in [0.15, 0.2) is 0 Å². The molecule has 2 heterocycles. The molecule has 3 heteroatoms. The minimum Gasteiger partial charge on any atom is -0.380 e. The quantitative estimate of drug-likeness (QED) is 0.883. The van der Waals surface area contributed by atoms with Gasteiger partial charge in [0.25, 0.3) is 0 Å². The van der Waals surface area contributed by atoms with E-state index in [0.29, 0.717) is 6.04 Å². The molecule has 2 aliphatic rings. The molecule has 0 amide bonds. The van der Waals surface area contributed by atoms with Crippen LogP contribution in [0.5, 0.6) is 0 Å². The van der Waals surface area contributed by atoms with Crippen LogP contribution < -0.4 is 5.32 Å². The Hall–Kier alpha value is -1.06. The molecule has 1 aromatic carbocycles. The third kappa shape index (κ3) is 3.03. The monoisotopic (exact) mass is 246 g/mol. The lowest BCUT2D eigenvalue weighted by atomic mass is 10.1. The Morgan fingerprint density at radius 2 is 1.94 bits per heavy atom. The van der Waals surface area contributed by atoms with E-state index in [0.717, 1.165) is 26.2 Å². The summed E-state index contributed by atoms with van der Waals surface area (Å²) in [6.07, 6.45) is 3.85. The summed E-state index contributed by atoms with van der Waals surface area (Å²) in [5.74, 6) is 0. The van der Waals surface area contributed by atoms with Gasteiger partial charge in [-0.15, -0.1) is 0 Å². The Kier molecular flexibility index (Phi) is 3.81. The van der Waals surface area contributed by atoms with E-state index in [1.807, 2.05) is 0 Å². The standard InChI is InChI=1S/C15H22N2O/c1-2-9-17(8-1)11-13-3-5-14(6-4-13)16-15-7-10-18-12-15/h3-6,15-16H,1-2,7-12H2. The van der Waals surface area contributed by atoms with Crippen molar-refractivity contribution < 1.29 is 4.74 Å². The molecule has 1 aromatic rings. The first kappa shape index (κ1) is 12.0. The van der Waals surface area contributed by atoms with Crippen LogP contribution in [0.4, 0.5) is 5.69 Å². The average molecular weight is 246 g/mol. The normalized spacial score (nSPS) is 24.6. The first-order valence-electron chi connectivity index (χ1n) is 7.06. The van der Waals surface area contributed by atoms with Gasteiger partial charge in [-0.1, -0.05) is 12.1 Å². The van der Waals surface area contributed by atoms with E-state index in [2.05, 4.69) is 34.5 Å². The molecule has 0 bridgehead atoms. The minimum absolute atomic E-state index is 0.495. The predicted molar refractivity (Wildman–Crippen MR) is 73.8 cm³/mol. The second kappa shape index (κ2) is 5.72. The number of ether oxygens (including phenoxy) is 1. The molecule has 0 aliphatic carbocycles. The van der Waals surface area contributed by atoms with Crippen LogP contribution in [0.15, 0.2) is 24.3 Å². The maximum absolute atomic E-state index is 5.37. The van der Waals surface area contributed by atoms with Crippen molar-refractivity contribution in [3.05, 3.63) is 29.8 Å². The smallest absolute Gasteiger partial charge is 0.0668 e. The highest BCUT2D eigenvalue weighted by Crippen LogP contribution is 2.17. The molecule has 0 aromatic heterocycles. The van der Waals surface area contributed by atoms with Crippen molar-refractivity contribution in [1.82, 2.24) is 4.90 Å². The van der Waals surface area contributed by atoms with Crippen LogP contribution in [-0.2, 0) is 11.3 Å². The topological polar surface area (TPSA) is 24.5 Å². The predicted octanol–water partition coefficient (Wildman–Crippen LogP) is 2.48. The summed E-state index contributed by atoms with van der Waals surface area (Å²) in [7, 11) is 0. The van der Waals surface area contributed by atoms with E-state index >= 15 is 0 Å². The van der Waals surface area contributed by atoms with Gasteiger partial charge < -0.3 is 10.1 Å². The SMILES string of the molecule is c1cc(NC2CCOC2)ccc1CN1CCCC1. The summed E-state index contributed by atoms with van der Waals surface area (Å²) in [5.41, 5.74) is 2.64. The van der Waals surface area contributed by atoms with Gasteiger partial charge in [0.2, 0.25) is 0 Å². The zero-order chi connectivity index (χ0) is 12.2. The molecule has 98 valence electrons. The van der Waals surface area contributed by atoms with Gasteiger partial charge in [-0.2, -0.15) is 0 Å². The number of hydrogen-bond acceptors (Lipinski definition) is 3. The Labute approximate surface area is 109 Å². The van der Waals surface area contributed by atoms with Crippen molar-refractivity contribution in [3.8, 4) is 0 Å². The molecule has 2 fully saturated rings. The number of nitrogens with zero attached hydrogens (tertiary/aromatic N) is 1. The van der Waals surface area contributed by atoms with E-state index in [-0.39, 0.29) is 0 Å². The summed E-state index contributed by atoms with van der Waals surface area (Å²) in [4.78, 5) is 2.53. The molecule has 2 saturated heterocycles. The van der Waals surface area contributed by atoms with Gasteiger partial charge in [0.05, 0.1) is 12.6 Å². The van der Waals surface area contributed by atoms with Crippen molar-refractivity contribution in [2.45, 2.75) is 31.8 Å². The van der Waals surface area contributed by atoms with E-state index in [1.165, 1.54) is 37.2 Å². The number of rotatable bonds is 4. The molecular weight excluding hydrogens is 224 g/mol. The molecule has 0 spiro atoms. The molecule has 1 atom stereocenters. The van der Waals surface area contributed by atoms with E-state index in [4.69, 9.17) is 4.74 Å². The second-order valence-electron chi connectivity index (χ2n) is 5.39. The summed E-state index contributed by atoms with van der Waals surface area (Å²) in [5, 5.41) is 3.52. The lowest BCUT2D eigenvalue weighted by molar-refractivity contribution is 0.195. The van der Waals surface area contributed by atoms with Crippen LogP contribution in [0.25, 0.3) is 0 Å². The van der Waals surface area contributed by atoms with Crippen molar-refractivity contribution in [3.63, 3.8) is 0 Å². The highest BCUT2D eigenvalue weighted by molar-refractivity contribution is 5.45. The van der Waals surface area contributed by atoms with Crippen molar-refractivity contribution >= 4 is 5.69 Å². The number of likely N-dealkylation sites (tertiary alicyclic amines) is 1. The minimum atomic E-state index is 0.495. The fourth-order valence-corrected chi connectivity index (χ4v) is 2.79. The van der Waals surface area contributed by atoms with Gasteiger partial charge in [-0.25, -0.2) is 0 Å². The Morgan fingerprint density at radius 1 is 1.17 bits per heavy atom. The largest absolute Gasteiger partial charge is 0.380 e. The van der Waals surface area contributed by atoms with Crippen molar-refractivity contribution in [1.29, 1.82) is 0 Å². The number of hydrogen-bond donors (Lipinski definition) is 1. The van der Waals surface area contributed by atoms with Gasteiger partial charge in [-0.3, -0.25) is 4.90 Å². The highest BCUT2D eigenvalue weighted by atomic mass is 16.5. The third-order valence-corrected chi connectivity index (χ3v) is 3.86. The van der Waals surface area contributed by atoms with Gasteiger partial charge in [0.1, 0.15) is 0 Å². The third-order valence-electron chi connectivity index (χ3n) is 3.86. The van der Waals surface area contributed by atoms with Crippen LogP contribution in [0, 0.1) is 0 Å².